The maximum atomic E-state index is 12.9. The molecular weight excluding hydrogens is 318 g/mol. The van der Waals surface area contributed by atoms with Gasteiger partial charge in [0, 0.05) is 16.8 Å². The minimum absolute atomic E-state index is 0.197. The van der Waals surface area contributed by atoms with Gasteiger partial charge in [0.15, 0.2) is 11.5 Å². The average Bonchev–Trinajstić information content (AvgIpc) is 2.99. The Morgan fingerprint density at radius 2 is 1.80 bits per heavy atom. The molecule has 2 aromatic heterocycles. The molecule has 0 aliphatic heterocycles. The molecule has 4 rings (SSSR count). The van der Waals surface area contributed by atoms with Crippen LogP contribution in [0.25, 0.3) is 27.5 Å². The number of H-pyrrole nitrogens is 1. The topological polar surface area (TPSA) is 69.1 Å². The molecule has 126 valence electrons. The molecule has 0 saturated carbocycles. The first-order valence-corrected chi connectivity index (χ1v) is 7.85. The summed E-state index contributed by atoms with van der Waals surface area (Å²) in [5.41, 5.74) is 2.91. The maximum absolute atomic E-state index is 12.9. The average molecular weight is 335 g/mol. The lowest BCUT2D eigenvalue weighted by atomic mass is 10.2. The minimum Gasteiger partial charge on any atom is -0.493 e. The van der Waals surface area contributed by atoms with Gasteiger partial charge in [0.1, 0.15) is 5.52 Å². The van der Waals surface area contributed by atoms with E-state index in [9.17, 15) is 4.79 Å². The van der Waals surface area contributed by atoms with E-state index in [0.717, 1.165) is 27.5 Å². The monoisotopic (exact) mass is 335 g/mol. The first kappa shape index (κ1) is 15.3. The summed E-state index contributed by atoms with van der Waals surface area (Å²) in [6.07, 6.45) is 1.70. The number of hydrogen-bond donors (Lipinski definition) is 1. The molecule has 0 unspecified atom stereocenters. The highest BCUT2D eigenvalue weighted by Crippen LogP contribution is 2.34. The molecule has 0 saturated heterocycles. The summed E-state index contributed by atoms with van der Waals surface area (Å²) in [5.74, 6) is 1.22. The van der Waals surface area contributed by atoms with Crippen LogP contribution in [0.1, 0.15) is 5.56 Å². The van der Waals surface area contributed by atoms with Gasteiger partial charge in [0.05, 0.1) is 31.6 Å². The van der Waals surface area contributed by atoms with Gasteiger partial charge in [-0.25, -0.2) is 0 Å². The molecule has 6 nitrogen and oxygen atoms in total. The van der Waals surface area contributed by atoms with Gasteiger partial charge in [0.2, 0.25) is 0 Å². The van der Waals surface area contributed by atoms with Crippen LogP contribution in [0.5, 0.6) is 11.5 Å². The Morgan fingerprint density at radius 1 is 1.04 bits per heavy atom. The fourth-order valence-electron chi connectivity index (χ4n) is 3.06. The van der Waals surface area contributed by atoms with Gasteiger partial charge in [-0.1, -0.05) is 12.1 Å². The molecule has 2 aromatic carbocycles. The molecule has 4 aromatic rings. The van der Waals surface area contributed by atoms with Crippen LogP contribution in [0.15, 0.2) is 47.4 Å². The first-order chi connectivity index (χ1) is 12.1. The van der Waals surface area contributed by atoms with Crippen LogP contribution >= 0.6 is 0 Å². The standard InChI is InChI=1S/C19H17N3O3/c1-11-5-4-6-12(7-11)22-19(23)18-14(10-20-22)13-8-16(24-2)17(25-3)9-15(13)21-18/h4-10,21H,1-3H3. The van der Waals surface area contributed by atoms with Gasteiger partial charge in [-0.15, -0.1) is 0 Å². The zero-order valence-corrected chi connectivity index (χ0v) is 14.2. The van der Waals surface area contributed by atoms with E-state index >= 15 is 0 Å². The number of nitrogens with one attached hydrogen (secondary N) is 1. The molecule has 0 bridgehead atoms. The van der Waals surface area contributed by atoms with Crippen molar-refractivity contribution in [2.45, 2.75) is 6.92 Å². The lowest BCUT2D eigenvalue weighted by Gasteiger charge is -2.07. The number of hydrogen-bond acceptors (Lipinski definition) is 4. The van der Waals surface area contributed by atoms with Crippen LogP contribution < -0.4 is 15.0 Å². The van der Waals surface area contributed by atoms with Crippen LogP contribution in [0.3, 0.4) is 0 Å². The number of fused-ring (bicyclic) bond motifs is 3. The van der Waals surface area contributed by atoms with Crippen LogP contribution in [0.2, 0.25) is 0 Å². The van der Waals surface area contributed by atoms with E-state index in [-0.39, 0.29) is 5.56 Å². The highest BCUT2D eigenvalue weighted by Gasteiger charge is 2.15. The third-order valence-electron chi connectivity index (χ3n) is 4.30. The van der Waals surface area contributed by atoms with E-state index < -0.39 is 0 Å². The molecule has 0 amide bonds. The van der Waals surface area contributed by atoms with Crippen LogP contribution in [0.4, 0.5) is 0 Å². The molecule has 0 spiro atoms. The highest BCUT2D eigenvalue weighted by atomic mass is 16.5. The molecular formula is C19H17N3O3. The van der Waals surface area contributed by atoms with Crippen molar-refractivity contribution >= 4 is 21.8 Å². The zero-order valence-electron chi connectivity index (χ0n) is 14.2. The van der Waals surface area contributed by atoms with Crippen LogP contribution in [-0.4, -0.2) is 29.0 Å². The summed E-state index contributed by atoms with van der Waals surface area (Å²) in [7, 11) is 3.17. The zero-order chi connectivity index (χ0) is 17.6. The van der Waals surface area contributed by atoms with Crippen molar-refractivity contribution in [2.24, 2.45) is 0 Å². The predicted molar refractivity (Wildman–Crippen MR) is 97.0 cm³/mol. The number of aromatic amines is 1. The fraction of sp³-hybridized carbons (Fsp3) is 0.158. The largest absolute Gasteiger partial charge is 0.493 e. The summed E-state index contributed by atoms with van der Waals surface area (Å²) in [4.78, 5) is 16.1. The Labute approximate surface area is 143 Å². The van der Waals surface area contributed by atoms with Crippen molar-refractivity contribution in [1.82, 2.24) is 14.8 Å². The third-order valence-corrected chi connectivity index (χ3v) is 4.30. The van der Waals surface area contributed by atoms with Crippen molar-refractivity contribution in [3.63, 3.8) is 0 Å². The van der Waals surface area contributed by atoms with Gasteiger partial charge in [-0.2, -0.15) is 9.78 Å². The molecule has 1 N–H and O–H groups in total. The van der Waals surface area contributed by atoms with Crippen molar-refractivity contribution < 1.29 is 9.47 Å². The Bertz CT molecular complexity index is 1160. The lowest BCUT2D eigenvalue weighted by molar-refractivity contribution is 0.356. The first-order valence-electron chi connectivity index (χ1n) is 7.85. The number of rotatable bonds is 3. The second kappa shape index (κ2) is 5.66. The number of aryl methyl sites for hydroxylation is 1. The van der Waals surface area contributed by atoms with Crippen molar-refractivity contribution in [3.8, 4) is 17.2 Å². The summed E-state index contributed by atoms with van der Waals surface area (Å²) in [6, 6.07) is 11.4. The molecule has 0 aliphatic rings. The van der Waals surface area contributed by atoms with Crippen LogP contribution in [0, 0.1) is 6.92 Å². The second-order valence-electron chi connectivity index (χ2n) is 5.87. The molecule has 0 atom stereocenters. The van der Waals surface area contributed by atoms with Gasteiger partial charge >= 0.3 is 0 Å². The van der Waals surface area contributed by atoms with Gasteiger partial charge in [-0.05, 0) is 30.7 Å². The summed E-state index contributed by atoms with van der Waals surface area (Å²) >= 11 is 0. The number of benzene rings is 2. The predicted octanol–water partition coefficient (Wildman–Crippen LogP) is 3.19. The Kier molecular flexibility index (Phi) is 3.46. The summed E-state index contributed by atoms with van der Waals surface area (Å²) in [5, 5.41) is 5.97. The number of methoxy groups -OCH3 is 2. The van der Waals surface area contributed by atoms with Gasteiger partial charge in [0.25, 0.3) is 5.56 Å². The highest BCUT2D eigenvalue weighted by molar-refractivity contribution is 6.07. The van der Waals surface area contributed by atoms with E-state index in [1.807, 2.05) is 43.3 Å². The SMILES string of the molecule is COc1cc2[nH]c3c(=O)n(-c4cccc(C)c4)ncc3c2cc1OC. The van der Waals surface area contributed by atoms with Gasteiger partial charge in [-0.3, -0.25) is 4.79 Å². The Balaban J connectivity index is 2.02. The van der Waals surface area contributed by atoms with E-state index in [4.69, 9.17) is 9.47 Å². The van der Waals surface area contributed by atoms with Crippen molar-refractivity contribution in [3.05, 3.63) is 58.5 Å². The molecule has 2 heterocycles. The maximum Gasteiger partial charge on any atom is 0.295 e. The van der Waals surface area contributed by atoms with E-state index in [1.165, 1.54) is 4.68 Å². The van der Waals surface area contributed by atoms with Crippen molar-refractivity contribution in [1.29, 1.82) is 0 Å². The quantitative estimate of drug-likeness (QED) is 0.624. The number of aromatic nitrogens is 3. The van der Waals surface area contributed by atoms with Gasteiger partial charge < -0.3 is 14.5 Å². The van der Waals surface area contributed by atoms with Crippen LogP contribution in [-0.2, 0) is 0 Å². The third kappa shape index (κ3) is 2.34. The summed E-state index contributed by atoms with van der Waals surface area (Å²) < 4.78 is 12.1. The molecule has 6 heteroatoms. The molecule has 0 fully saturated rings. The molecule has 25 heavy (non-hydrogen) atoms. The lowest BCUT2D eigenvalue weighted by Crippen LogP contribution is -2.20. The number of ether oxygens (including phenoxy) is 2. The van der Waals surface area contributed by atoms with E-state index in [1.54, 1.807) is 20.4 Å². The Hall–Kier alpha value is -3.28. The summed E-state index contributed by atoms with van der Waals surface area (Å²) in [6.45, 7) is 1.98. The second-order valence-corrected chi connectivity index (χ2v) is 5.87. The minimum atomic E-state index is -0.197. The number of nitrogens with zero attached hydrogens (tertiary/aromatic N) is 2. The fourth-order valence-corrected chi connectivity index (χ4v) is 3.06. The van der Waals surface area contributed by atoms with E-state index in [2.05, 4.69) is 10.1 Å². The van der Waals surface area contributed by atoms with E-state index in [0.29, 0.717) is 17.0 Å². The Morgan fingerprint density at radius 3 is 2.52 bits per heavy atom. The normalized spacial score (nSPS) is 11.2. The molecule has 0 radical (unpaired) electrons. The molecule has 0 aliphatic carbocycles. The van der Waals surface area contributed by atoms with Crippen molar-refractivity contribution in [2.75, 3.05) is 14.2 Å². The smallest absolute Gasteiger partial charge is 0.295 e.